The molecule has 0 heterocycles. The second-order valence-corrected chi connectivity index (χ2v) is 7.92. The zero-order chi connectivity index (χ0) is 17.7. The smallest absolute Gasteiger partial charge is 0.175 e. The second kappa shape index (κ2) is 8.24. The first-order chi connectivity index (χ1) is 11.3. The number of methoxy groups -OCH3 is 1. The highest BCUT2D eigenvalue weighted by Crippen LogP contribution is 2.37. The molecule has 0 radical (unpaired) electrons. The van der Waals surface area contributed by atoms with Gasteiger partial charge in [0.1, 0.15) is 6.61 Å². The Morgan fingerprint density at radius 1 is 1.08 bits per heavy atom. The Labute approximate surface area is 157 Å². The zero-order valence-corrected chi connectivity index (χ0v) is 16.8. The number of benzene rings is 2. The molecule has 1 N–H and O–H groups in total. The summed E-state index contributed by atoms with van der Waals surface area (Å²) in [5.41, 5.74) is 2.24. The van der Waals surface area contributed by atoms with Crippen LogP contribution in [-0.4, -0.2) is 12.6 Å². The number of ether oxygens (including phenoxy) is 2. The summed E-state index contributed by atoms with van der Waals surface area (Å²) in [5, 5.41) is 4.19. The lowest BCUT2D eigenvalue weighted by molar-refractivity contribution is 0.282. The average molecular weight is 413 g/mol. The van der Waals surface area contributed by atoms with Gasteiger partial charge in [-0.1, -0.05) is 23.7 Å². The molecule has 0 unspecified atom stereocenters. The lowest BCUT2D eigenvalue weighted by atomic mass is 10.1. The third-order valence-electron chi connectivity index (χ3n) is 3.41. The van der Waals surface area contributed by atoms with Gasteiger partial charge in [-0.2, -0.15) is 0 Å². The normalized spacial score (nSPS) is 11.4. The van der Waals surface area contributed by atoms with Gasteiger partial charge >= 0.3 is 0 Å². The van der Waals surface area contributed by atoms with Gasteiger partial charge in [0, 0.05) is 17.1 Å². The molecule has 2 aromatic carbocycles. The van der Waals surface area contributed by atoms with Crippen molar-refractivity contribution in [1.29, 1.82) is 0 Å². The third-order valence-corrected chi connectivity index (χ3v) is 4.25. The Bertz CT molecular complexity index is 681. The zero-order valence-electron chi connectivity index (χ0n) is 14.5. The van der Waals surface area contributed by atoms with E-state index >= 15 is 0 Å². The average Bonchev–Trinajstić information content (AvgIpc) is 2.52. The highest BCUT2D eigenvalue weighted by atomic mass is 79.9. The highest BCUT2D eigenvalue weighted by molar-refractivity contribution is 9.10. The van der Waals surface area contributed by atoms with E-state index in [1.807, 2.05) is 30.3 Å². The first-order valence-corrected chi connectivity index (χ1v) is 8.94. The van der Waals surface area contributed by atoms with E-state index in [0.29, 0.717) is 23.1 Å². The molecule has 2 rings (SSSR count). The fraction of sp³-hybridized carbons (Fsp3) is 0.368. The minimum atomic E-state index is 0.0590. The van der Waals surface area contributed by atoms with Crippen molar-refractivity contribution in [3.8, 4) is 11.5 Å². The molecule has 0 fully saturated rings. The lowest BCUT2D eigenvalue weighted by Gasteiger charge is -2.21. The maximum Gasteiger partial charge on any atom is 0.175 e. The first kappa shape index (κ1) is 19.1. The predicted molar refractivity (Wildman–Crippen MR) is 103 cm³/mol. The van der Waals surface area contributed by atoms with E-state index in [0.717, 1.165) is 22.1 Å². The van der Waals surface area contributed by atoms with Crippen LogP contribution in [0, 0.1) is 0 Å². The first-order valence-electron chi connectivity index (χ1n) is 7.77. The molecule has 24 heavy (non-hydrogen) atoms. The summed E-state index contributed by atoms with van der Waals surface area (Å²) in [7, 11) is 1.65. The Morgan fingerprint density at radius 2 is 1.75 bits per heavy atom. The van der Waals surface area contributed by atoms with Crippen LogP contribution in [0.2, 0.25) is 5.02 Å². The van der Waals surface area contributed by atoms with E-state index in [1.165, 1.54) is 0 Å². The maximum absolute atomic E-state index is 5.95. The van der Waals surface area contributed by atoms with E-state index in [-0.39, 0.29) is 5.54 Å². The standard InChI is InChI=1S/C19H23BrClNO2/c1-19(2,3)22-11-14-9-16(20)18(17(10-14)23-4)24-12-13-5-7-15(21)8-6-13/h5-10,22H,11-12H2,1-4H3. The number of rotatable bonds is 6. The Balaban J connectivity index is 2.13. The van der Waals surface area contributed by atoms with Crippen LogP contribution in [0.15, 0.2) is 40.9 Å². The van der Waals surface area contributed by atoms with Crippen LogP contribution in [0.25, 0.3) is 0 Å². The maximum atomic E-state index is 5.95. The number of hydrogen-bond donors (Lipinski definition) is 1. The molecule has 0 aromatic heterocycles. The van der Waals surface area contributed by atoms with Crippen molar-refractivity contribution in [1.82, 2.24) is 5.32 Å². The van der Waals surface area contributed by atoms with Crippen LogP contribution >= 0.6 is 27.5 Å². The van der Waals surface area contributed by atoms with Crippen molar-refractivity contribution in [2.24, 2.45) is 0 Å². The molecule has 0 saturated carbocycles. The molecule has 130 valence electrons. The number of nitrogens with one attached hydrogen (secondary N) is 1. The summed E-state index contributed by atoms with van der Waals surface area (Å²) in [4.78, 5) is 0. The monoisotopic (exact) mass is 411 g/mol. The van der Waals surface area contributed by atoms with E-state index in [4.69, 9.17) is 21.1 Å². The van der Waals surface area contributed by atoms with E-state index in [2.05, 4.69) is 48.1 Å². The lowest BCUT2D eigenvalue weighted by Crippen LogP contribution is -2.35. The van der Waals surface area contributed by atoms with Gasteiger partial charge in [0.05, 0.1) is 11.6 Å². The van der Waals surface area contributed by atoms with Gasteiger partial charge in [-0.3, -0.25) is 0 Å². The Hall–Kier alpha value is -1.23. The molecule has 0 aliphatic carbocycles. The molecule has 3 nitrogen and oxygen atoms in total. The van der Waals surface area contributed by atoms with Crippen LogP contribution in [0.3, 0.4) is 0 Å². The largest absolute Gasteiger partial charge is 0.493 e. The topological polar surface area (TPSA) is 30.5 Å². The van der Waals surface area contributed by atoms with Crippen molar-refractivity contribution in [2.75, 3.05) is 7.11 Å². The van der Waals surface area contributed by atoms with Crippen LogP contribution in [0.4, 0.5) is 0 Å². The van der Waals surface area contributed by atoms with Crippen LogP contribution < -0.4 is 14.8 Å². The van der Waals surface area contributed by atoms with Crippen molar-refractivity contribution >= 4 is 27.5 Å². The molecule has 0 aliphatic heterocycles. The third kappa shape index (κ3) is 5.69. The highest BCUT2D eigenvalue weighted by Gasteiger charge is 2.14. The minimum absolute atomic E-state index is 0.0590. The number of hydrogen-bond acceptors (Lipinski definition) is 3. The van der Waals surface area contributed by atoms with Gasteiger partial charge in [0.15, 0.2) is 11.5 Å². The molecule has 0 aliphatic rings. The summed E-state index contributed by atoms with van der Waals surface area (Å²) >= 11 is 9.50. The molecule has 0 saturated heterocycles. The quantitative estimate of drug-likeness (QED) is 0.672. The van der Waals surface area contributed by atoms with Gasteiger partial charge < -0.3 is 14.8 Å². The Kier molecular flexibility index (Phi) is 6.55. The molecule has 0 spiro atoms. The van der Waals surface area contributed by atoms with Gasteiger partial charge in [0.25, 0.3) is 0 Å². The van der Waals surface area contributed by atoms with Gasteiger partial charge in [-0.15, -0.1) is 0 Å². The summed E-state index contributed by atoms with van der Waals surface area (Å²) < 4.78 is 12.3. The van der Waals surface area contributed by atoms with Crippen molar-refractivity contribution in [2.45, 2.75) is 39.5 Å². The molecule has 0 bridgehead atoms. The minimum Gasteiger partial charge on any atom is -0.493 e. The fourth-order valence-electron chi connectivity index (χ4n) is 2.12. The van der Waals surface area contributed by atoms with Crippen molar-refractivity contribution in [3.05, 3.63) is 57.0 Å². The van der Waals surface area contributed by atoms with Gasteiger partial charge in [-0.05, 0) is 72.1 Å². The summed E-state index contributed by atoms with van der Waals surface area (Å²) in [6.07, 6.45) is 0. The molecular formula is C19H23BrClNO2. The molecule has 5 heteroatoms. The van der Waals surface area contributed by atoms with Crippen LogP contribution in [0.1, 0.15) is 31.9 Å². The SMILES string of the molecule is COc1cc(CNC(C)(C)C)cc(Br)c1OCc1ccc(Cl)cc1. The summed E-state index contributed by atoms with van der Waals surface area (Å²) in [6, 6.07) is 11.7. The van der Waals surface area contributed by atoms with Gasteiger partial charge in [0.2, 0.25) is 0 Å². The predicted octanol–water partition coefficient (Wildman–Crippen LogP) is 5.58. The molecule has 2 aromatic rings. The van der Waals surface area contributed by atoms with Crippen LogP contribution in [-0.2, 0) is 13.2 Å². The molecular weight excluding hydrogens is 390 g/mol. The summed E-state index contributed by atoms with van der Waals surface area (Å²) in [5.74, 6) is 1.41. The number of halogens is 2. The van der Waals surface area contributed by atoms with E-state index < -0.39 is 0 Å². The van der Waals surface area contributed by atoms with Crippen LogP contribution in [0.5, 0.6) is 11.5 Å². The fourth-order valence-corrected chi connectivity index (χ4v) is 2.85. The van der Waals surface area contributed by atoms with Gasteiger partial charge in [-0.25, -0.2) is 0 Å². The summed E-state index contributed by atoms with van der Waals surface area (Å²) in [6.45, 7) is 7.64. The second-order valence-electron chi connectivity index (χ2n) is 6.63. The van der Waals surface area contributed by atoms with Crippen molar-refractivity contribution < 1.29 is 9.47 Å². The van der Waals surface area contributed by atoms with E-state index in [1.54, 1.807) is 7.11 Å². The molecule has 0 atom stereocenters. The van der Waals surface area contributed by atoms with Crippen molar-refractivity contribution in [3.63, 3.8) is 0 Å². The molecule has 0 amide bonds. The van der Waals surface area contributed by atoms with E-state index in [9.17, 15) is 0 Å². The Morgan fingerprint density at radius 3 is 2.33 bits per heavy atom.